The van der Waals surface area contributed by atoms with E-state index in [4.69, 9.17) is 4.74 Å². The van der Waals surface area contributed by atoms with Crippen molar-refractivity contribution < 1.29 is 14.3 Å². The molecule has 1 aliphatic carbocycles. The minimum atomic E-state index is -0.282. The molecule has 0 saturated carbocycles. The fourth-order valence-electron chi connectivity index (χ4n) is 4.10. The maximum atomic E-state index is 12.6. The molecular weight excluding hydrogens is 326 g/mol. The van der Waals surface area contributed by atoms with Crippen molar-refractivity contribution >= 4 is 17.6 Å². The van der Waals surface area contributed by atoms with E-state index in [1.807, 2.05) is 36.4 Å². The molecule has 2 aliphatic rings. The summed E-state index contributed by atoms with van der Waals surface area (Å²) in [5.74, 6) is -0.674. The van der Waals surface area contributed by atoms with E-state index in [1.54, 1.807) is 4.90 Å². The van der Waals surface area contributed by atoms with Crippen molar-refractivity contribution in [1.82, 2.24) is 0 Å². The highest BCUT2D eigenvalue weighted by atomic mass is 16.5. The number of fused-ring (bicyclic) bond motifs is 2. The summed E-state index contributed by atoms with van der Waals surface area (Å²) in [6, 6.07) is 16.0. The Morgan fingerprint density at radius 3 is 2.58 bits per heavy atom. The fraction of sp³-hybridized carbons (Fsp3) is 0.364. The molecule has 1 amide bonds. The molecule has 0 fully saturated rings. The van der Waals surface area contributed by atoms with Crippen LogP contribution in [0, 0.1) is 0 Å². The summed E-state index contributed by atoms with van der Waals surface area (Å²) in [5.41, 5.74) is 4.40. The number of hydrogen-bond donors (Lipinski definition) is 0. The molecule has 134 valence electrons. The smallest absolute Gasteiger partial charge is 0.313 e. The number of aryl methyl sites for hydroxylation is 2. The number of benzene rings is 2. The van der Waals surface area contributed by atoms with Crippen molar-refractivity contribution in [2.45, 2.75) is 38.0 Å². The lowest BCUT2D eigenvalue weighted by Gasteiger charge is -2.29. The van der Waals surface area contributed by atoms with Crippen LogP contribution in [0.5, 0.6) is 0 Å². The van der Waals surface area contributed by atoms with Gasteiger partial charge in [0, 0.05) is 12.2 Å². The Morgan fingerprint density at radius 2 is 1.69 bits per heavy atom. The molecule has 1 atom stereocenters. The number of carbonyl (C=O) groups excluding carboxylic acids is 2. The molecule has 0 N–H and O–H groups in total. The van der Waals surface area contributed by atoms with Gasteiger partial charge in [-0.2, -0.15) is 0 Å². The van der Waals surface area contributed by atoms with Gasteiger partial charge >= 0.3 is 5.97 Å². The first-order valence-electron chi connectivity index (χ1n) is 9.37. The van der Waals surface area contributed by atoms with E-state index in [0.717, 1.165) is 43.4 Å². The van der Waals surface area contributed by atoms with Crippen LogP contribution in [0.2, 0.25) is 0 Å². The lowest BCUT2D eigenvalue weighted by molar-refractivity contribution is -0.149. The fourth-order valence-corrected chi connectivity index (χ4v) is 4.10. The van der Waals surface area contributed by atoms with E-state index < -0.39 is 0 Å². The Morgan fingerprint density at radius 1 is 0.962 bits per heavy atom. The van der Waals surface area contributed by atoms with Crippen LogP contribution < -0.4 is 4.90 Å². The molecule has 0 radical (unpaired) electrons. The number of nitrogens with zero attached hydrogens (tertiary/aromatic N) is 1. The average Bonchev–Trinajstić information content (AvgIpc) is 2.71. The Hall–Kier alpha value is -2.62. The van der Waals surface area contributed by atoms with Crippen molar-refractivity contribution in [3.63, 3.8) is 0 Å². The van der Waals surface area contributed by atoms with E-state index in [-0.39, 0.29) is 24.4 Å². The van der Waals surface area contributed by atoms with Crippen LogP contribution in [-0.4, -0.2) is 25.0 Å². The van der Waals surface area contributed by atoms with Gasteiger partial charge in [0.1, 0.15) is 0 Å². The van der Waals surface area contributed by atoms with Gasteiger partial charge in [0.2, 0.25) is 0 Å². The first kappa shape index (κ1) is 16.8. The van der Waals surface area contributed by atoms with E-state index >= 15 is 0 Å². The minimum Gasteiger partial charge on any atom is -0.455 e. The number of carbonyl (C=O) groups is 2. The summed E-state index contributed by atoms with van der Waals surface area (Å²) in [6.45, 7) is 0.492. The quantitative estimate of drug-likeness (QED) is 0.795. The third kappa shape index (κ3) is 3.24. The van der Waals surface area contributed by atoms with E-state index in [1.165, 1.54) is 11.1 Å². The molecule has 2 aromatic rings. The highest BCUT2D eigenvalue weighted by molar-refractivity contribution is 5.96. The van der Waals surface area contributed by atoms with Gasteiger partial charge in [0.05, 0.1) is 5.92 Å². The predicted molar refractivity (Wildman–Crippen MR) is 100 cm³/mol. The Kier molecular flexibility index (Phi) is 4.74. The second kappa shape index (κ2) is 7.32. The van der Waals surface area contributed by atoms with Crippen molar-refractivity contribution in [1.29, 1.82) is 0 Å². The SMILES string of the molecule is O=C(OCC(=O)N1CCCc2ccccc21)C1CCCc2ccccc21. The molecule has 0 bridgehead atoms. The average molecular weight is 349 g/mol. The van der Waals surface area contributed by atoms with Crippen LogP contribution in [0.15, 0.2) is 48.5 Å². The van der Waals surface area contributed by atoms with Crippen LogP contribution in [-0.2, 0) is 27.2 Å². The standard InChI is InChI=1S/C22H23NO3/c24-21(23-14-6-10-17-8-2-4-13-20(17)23)15-26-22(25)19-12-5-9-16-7-1-3-11-18(16)19/h1-4,7-8,11,13,19H,5-6,9-10,12,14-15H2. The van der Waals surface area contributed by atoms with E-state index in [0.29, 0.717) is 6.54 Å². The molecule has 1 aliphatic heterocycles. The van der Waals surface area contributed by atoms with Gasteiger partial charge in [0.25, 0.3) is 5.91 Å². The Balaban J connectivity index is 1.42. The maximum Gasteiger partial charge on any atom is 0.313 e. The number of rotatable bonds is 3. The van der Waals surface area contributed by atoms with E-state index in [9.17, 15) is 9.59 Å². The topological polar surface area (TPSA) is 46.6 Å². The van der Waals surface area contributed by atoms with Gasteiger partial charge < -0.3 is 9.64 Å². The molecule has 2 aromatic carbocycles. The van der Waals surface area contributed by atoms with Crippen LogP contribution in [0.3, 0.4) is 0 Å². The third-order valence-electron chi connectivity index (χ3n) is 5.40. The van der Waals surface area contributed by atoms with Crippen molar-refractivity contribution in [3.05, 3.63) is 65.2 Å². The van der Waals surface area contributed by atoms with Gasteiger partial charge in [-0.3, -0.25) is 9.59 Å². The van der Waals surface area contributed by atoms with Crippen LogP contribution in [0.25, 0.3) is 0 Å². The first-order chi connectivity index (χ1) is 12.7. The molecule has 0 spiro atoms. The molecule has 4 rings (SSSR count). The lowest BCUT2D eigenvalue weighted by atomic mass is 9.83. The van der Waals surface area contributed by atoms with Crippen LogP contribution >= 0.6 is 0 Å². The summed E-state index contributed by atoms with van der Waals surface area (Å²) in [4.78, 5) is 27.0. The van der Waals surface area contributed by atoms with Crippen LogP contribution in [0.4, 0.5) is 5.69 Å². The third-order valence-corrected chi connectivity index (χ3v) is 5.40. The normalized spacial score (nSPS) is 18.6. The van der Waals surface area contributed by atoms with Gasteiger partial charge in [-0.15, -0.1) is 0 Å². The van der Waals surface area contributed by atoms with Crippen molar-refractivity contribution in [2.75, 3.05) is 18.1 Å². The number of esters is 1. The molecule has 4 heteroatoms. The number of anilines is 1. The molecule has 26 heavy (non-hydrogen) atoms. The van der Waals surface area contributed by atoms with Gasteiger partial charge in [-0.1, -0.05) is 42.5 Å². The summed E-state index contributed by atoms with van der Waals surface area (Å²) < 4.78 is 5.44. The molecule has 1 heterocycles. The molecule has 1 unspecified atom stereocenters. The monoisotopic (exact) mass is 349 g/mol. The zero-order valence-corrected chi connectivity index (χ0v) is 14.8. The minimum absolute atomic E-state index is 0.144. The van der Waals surface area contributed by atoms with Crippen LogP contribution in [0.1, 0.15) is 41.9 Å². The highest BCUT2D eigenvalue weighted by Crippen LogP contribution is 2.32. The largest absolute Gasteiger partial charge is 0.455 e. The maximum absolute atomic E-state index is 12.6. The summed E-state index contributed by atoms with van der Waals surface area (Å²) in [5, 5.41) is 0. The molecular formula is C22H23NO3. The van der Waals surface area contributed by atoms with Crippen molar-refractivity contribution in [3.8, 4) is 0 Å². The Labute approximate surface area is 153 Å². The second-order valence-corrected chi connectivity index (χ2v) is 7.03. The summed E-state index contributed by atoms with van der Waals surface area (Å²) in [6.07, 6.45) is 4.69. The number of amides is 1. The lowest BCUT2D eigenvalue weighted by Crippen LogP contribution is -2.38. The van der Waals surface area contributed by atoms with Gasteiger partial charge in [-0.05, 0) is 54.9 Å². The number of hydrogen-bond acceptors (Lipinski definition) is 3. The zero-order valence-electron chi connectivity index (χ0n) is 14.8. The number of para-hydroxylation sites is 1. The predicted octanol–water partition coefficient (Wildman–Crippen LogP) is 3.63. The van der Waals surface area contributed by atoms with Crippen molar-refractivity contribution in [2.24, 2.45) is 0 Å². The Bertz CT molecular complexity index is 760. The molecule has 0 saturated heterocycles. The first-order valence-corrected chi connectivity index (χ1v) is 9.37. The van der Waals surface area contributed by atoms with Gasteiger partial charge in [-0.25, -0.2) is 0 Å². The number of ether oxygens (including phenoxy) is 1. The van der Waals surface area contributed by atoms with E-state index in [2.05, 4.69) is 12.1 Å². The summed E-state index contributed by atoms with van der Waals surface area (Å²) in [7, 11) is 0. The highest BCUT2D eigenvalue weighted by Gasteiger charge is 2.29. The zero-order chi connectivity index (χ0) is 17.9. The second-order valence-electron chi connectivity index (χ2n) is 7.03. The summed E-state index contributed by atoms with van der Waals surface area (Å²) >= 11 is 0. The molecule has 4 nitrogen and oxygen atoms in total. The molecule has 0 aromatic heterocycles. The van der Waals surface area contributed by atoms with Gasteiger partial charge in [0.15, 0.2) is 6.61 Å².